The molecular formula is C22H31N3O5S. The quantitative estimate of drug-likeness (QED) is 0.628. The lowest BCUT2D eigenvalue weighted by atomic mass is 10.2. The molecule has 1 aromatic heterocycles. The van der Waals surface area contributed by atoms with E-state index in [9.17, 15) is 13.2 Å². The molecule has 170 valence electrons. The van der Waals surface area contributed by atoms with Gasteiger partial charge in [-0.3, -0.25) is 4.79 Å². The van der Waals surface area contributed by atoms with E-state index in [2.05, 4.69) is 15.2 Å². The van der Waals surface area contributed by atoms with Gasteiger partial charge >= 0.3 is 0 Å². The lowest BCUT2D eigenvalue weighted by molar-refractivity contribution is -0.118. The average Bonchev–Trinajstić information content (AvgIpc) is 2.92. The van der Waals surface area contributed by atoms with E-state index in [4.69, 9.17) is 9.15 Å². The first-order valence-electron chi connectivity index (χ1n) is 10.7. The van der Waals surface area contributed by atoms with Gasteiger partial charge in [0.25, 0.3) is 0 Å². The van der Waals surface area contributed by atoms with E-state index >= 15 is 0 Å². The number of likely N-dealkylation sites (tertiary alicyclic amines) is 1. The van der Waals surface area contributed by atoms with Crippen LogP contribution in [0.5, 0.6) is 5.75 Å². The molecule has 1 fully saturated rings. The molecular weight excluding hydrogens is 418 g/mol. The number of carbonyl (C=O) groups excluding carboxylic acids is 1. The van der Waals surface area contributed by atoms with Crippen LogP contribution in [0.25, 0.3) is 11.5 Å². The fourth-order valence-corrected chi connectivity index (χ4v) is 4.95. The van der Waals surface area contributed by atoms with Crippen molar-refractivity contribution in [3.8, 4) is 17.2 Å². The third-order valence-electron chi connectivity index (χ3n) is 5.37. The number of hydrogen-bond donors (Lipinski definition) is 1. The first-order chi connectivity index (χ1) is 14.9. The van der Waals surface area contributed by atoms with Crippen LogP contribution in [0.3, 0.4) is 0 Å². The minimum absolute atomic E-state index is 0.315. The first kappa shape index (κ1) is 23.3. The number of nitrogens with one attached hydrogen (secondary N) is 1. The Bertz CT molecular complexity index is 979. The fourth-order valence-electron chi connectivity index (χ4n) is 3.66. The van der Waals surface area contributed by atoms with Crippen molar-refractivity contribution in [2.45, 2.75) is 38.4 Å². The van der Waals surface area contributed by atoms with Crippen LogP contribution in [0.4, 0.5) is 0 Å². The highest BCUT2D eigenvalue weighted by molar-refractivity contribution is 7.91. The summed E-state index contributed by atoms with van der Waals surface area (Å²) in [5.41, 5.74) is 1.01. The van der Waals surface area contributed by atoms with Crippen LogP contribution in [0.1, 0.15) is 37.1 Å². The van der Waals surface area contributed by atoms with Crippen LogP contribution in [-0.4, -0.2) is 63.3 Å². The molecule has 1 amide bonds. The van der Waals surface area contributed by atoms with Crippen molar-refractivity contribution in [1.29, 1.82) is 0 Å². The Balaban J connectivity index is 1.54. The number of amides is 1. The molecule has 1 aliphatic rings. The van der Waals surface area contributed by atoms with Crippen molar-refractivity contribution in [3.63, 3.8) is 0 Å². The molecule has 0 atom stereocenters. The molecule has 0 spiro atoms. The second-order valence-electron chi connectivity index (χ2n) is 7.89. The Morgan fingerprint density at radius 3 is 2.68 bits per heavy atom. The highest BCUT2D eigenvalue weighted by Gasteiger charge is 2.22. The van der Waals surface area contributed by atoms with Gasteiger partial charge in [0.05, 0.1) is 18.6 Å². The minimum atomic E-state index is -3.67. The van der Waals surface area contributed by atoms with Crippen LogP contribution < -0.4 is 10.1 Å². The van der Waals surface area contributed by atoms with Crippen LogP contribution in [0.15, 0.2) is 28.7 Å². The number of ether oxygens (including phenoxy) is 1. The van der Waals surface area contributed by atoms with Gasteiger partial charge in [-0.15, -0.1) is 0 Å². The third kappa shape index (κ3) is 7.07. The molecule has 1 aliphatic heterocycles. The number of nitrogens with zero attached hydrogens (tertiary/aromatic N) is 2. The van der Waals surface area contributed by atoms with Gasteiger partial charge in [-0.25, -0.2) is 13.4 Å². The molecule has 9 heteroatoms. The Kier molecular flexibility index (Phi) is 8.09. The summed E-state index contributed by atoms with van der Waals surface area (Å²) in [5.74, 6) is 0.00874. The molecule has 0 unspecified atom stereocenters. The number of carbonyl (C=O) groups is 1. The summed E-state index contributed by atoms with van der Waals surface area (Å²) >= 11 is 0. The lowest BCUT2D eigenvalue weighted by Gasteiger charge is -2.19. The average molecular weight is 450 g/mol. The zero-order chi connectivity index (χ0) is 22.3. The van der Waals surface area contributed by atoms with Crippen molar-refractivity contribution in [3.05, 3.63) is 35.7 Å². The van der Waals surface area contributed by atoms with E-state index < -0.39 is 21.5 Å². The topological polar surface area (TPSA) is 102 Å². The van der Waals surface area contributed by atoms with E-state index in [1.54, 1.807) is 32.2 Å². The number of sulfone groups is 1. The Morgan fingerprint density at radius 1 is 1.23 bits per heavy atom. The van der Waals surface area contributed by atoms with Gasteiger partial charge in [-0.05, 0) is 51.1 Å². The largest absolute Gasteiger partial charge is 0.497 e. The summed E-state index contributed by atoms with van der Waals surface area (Å²) in [5, 5.41) is 2.73. The molecule has 8 nitrogen and oxygen atoms in total. The van der Waals surface area contributed by atoms with Crippen LogP contribution in [-0.2, 0) is 20.4 Å². The van der Waals surface area contributed by atoms with Gasteiger partial charge in [-0.2, -0.15) is 0 Å². The smallest absolute Gasteiger partial charge is 0.235 e. The van der Waals surface area contributed by atoms with Crippen molar-refractivity contribution in [1.82, 2.24) is 15.2 Å². The number of oxazole rings is 1. The van der Waals surface area contributed by atoms with Gasteiger partial charge in [0.15, 0.2) is 9.84 Å². The Labute approximate surface area is 183 Å². The molecule has 1 saturated heterocycles. The molecule has 2 heterocycles. The summed E-state index contributed by atoms with van der Waals surface area (Å²) < 4.78 is 36.0. The number of aromatic nitrogens is 1. The van der Waals surface area contributed by atoms with Gasteiger partial charge in [0.2, 0.25) is 11.8 Å². The van der Waals surface area contributed by atoms with E-state index in [0.29, 0.717) is 35.2 Å². The second kappa shape index (κ2) is 10.8. The van der Waals surface area contributed by atoms with Crippen molar-refractivity contribution in [2.75, 3.05) is 39.0 Å². The molecule has 1 aromatic carbocycles. The highest BCUT2D eigenvalue weighted by Crippen LogP contribution is 2.26. The molecule has 2 aromatic rings. The molecule has 0 radical (unpaired) electrons. The van der Waals surface area contributed by atoms with Gasteiger partial charge in [0.1, 0.15) is 17.3 Å². The zero-order valence-corrected chi connectivity index (χ0v) is 19.0. The van der Waals surface area contributed by atoms with Crippen molar-refractivity contribution in [2.24, 2.45) is 0 Å². The minimum Gasteiger partial charge on any atom is -0.497 e. The van der Waals surface area contributed by atoms with Crippen molar-refractivity contribution >= 4 is 15.7 Å². The standard InChI is InChI=1S/C22H31N3O5S/c1-17-20(24-22(30-17)18-8-7-9-19(14-18)29-2)15-31(27,28)16-21(26)23-10-13-25-11-5-3-4-6-12-25/h7-9,14H,3-6,10-13,15-16H2,1-2H3,(H,23,26). The predicted octanol–water partition coefficient (Wildman–Crippen LogP) is 2.57. The number of aryl methyl sites for hydroxylation is 1. The van der Waals surface area contributed by atoms with Crippen LogP contribution in [0, 0.1) is 6.92 Å². The van der Waals surface area contributed by atoms with Gasteiger partial charge in [-0.1, -0.05) is 18.9 Å². The number of rotatable bonds is 9. The van der Waals surface area contributed by atoms with E-state index in [1.165, 1.54) is 25.7 Å². The van der Waals surface area contributed by atoms with Crippen molar-refractivity contribution < 1.29 is 22.4 Å². The highest BCUT2D eigenvalue weighted by atomic mass is 32.2. The monoisotopic (exact) mass is 449 g/mol. The fraction of sp³-hybridized carbons (Fsp3) is 0.545. The molecule has 31 heavy (non-hydrogen) atoms. The lowest BCUT2D eigenvalue weighted by Crippen LogP contribution is -2.38. The van der Waals surface area contributed by atoms with Crippen LogP contribution >= 0.6 is 0 Å². The zero-order valence-electron chi connectivity index (χ0n) is 18.2. The molecule has 3 rings (SSSR count). The predicted molar refractivity (Wildman–Crippen MR) is 119 cm³/mol. The maximum atomic E-state index is 12.5. The van der Waals surface area contributed by atoms with E-state index in [0.717, 1.165) is 19.6 Å². The maximum Gasteiger partial charge on any atom is 0.235 e. The first-order valence-corrected chi connectivity index (χ1v) is 12.5. The van der Waals surface area contributed by atoms with Gasteiger partial charge in [0, 0.05) is 18.7 Å². The normalized spacial score (nSPS) is 15.4. The maximum absolute atomic E-state index is 12.5. The second-order valence-corrected chi connectivity index (χ2v) is 9.96. The molecule has 1 N–H and O–H groups in total. The molecule has 0 bridgehead atoms. The molecule has 0 saturated carbocycles. The number of methoxy groups -OCH3 is 1. The van der Waals surface area contributed by atoms with Gasteiger partial charge < -0.3 is 19.4 Å². The molecule has 0 aliphatic carbocycles. The summed E-state index contributed by atoms with van der Waals surface area (Å²) in [7, 11) is -2.11. The van der Waals surface area contributed by atoms with E-state index in [1.807, 2.05) is 6.07 Å². The van der Waals surface area contributed by atoms with Crippen LogP contribution in [0.2, 0.25) is 0 Å². The summed E-state index contributed by atoms with van der Waals surface area (Å²) in [4.78, 5) is 18.8. The summed E-state index contributed by atoms with van der Waals surface area (Å²) in [6.45, 7) is 4.95. The number of hydrogen-bond acceptors (Lipinski definition) is 7. The summed E-state index contributed by atoms with van der Waals surface area (Å²) in [6, 6.07) is 7.18. The summed E-state index contributed by atoms with van der Waals surface area (Å²) in [6.07, 6.45) is 4.86. The van der Waals surface area contributed by atoms with E-state index in [-0.39, 0.29) is 5.75 Å². The third-order valence-corrected chi connectivity index (χ3v) is 6.78. The Morgan fingerprint density at radius 2 is 1.97 bits per heavy atom. The Hall–Kier alpha value is -2.39. The SMILES string of the molecule is COc1cccc(-c2nc(CS(=O)(=O)CC(=O)NCCN3CCCCCC3)c(C)o2)c1. The number of benzene rings is 1.